The van der Waals surface area contributed by atoms with E-state index in [0.717, 1.165) is 25.7 Å². The molecule has 5 saturated heterocycles. The number of esters is 5. The van der Waals surface area contributed by atoms with Gasteiger partial charge in [-0.3, -0.25) is 24.0 Å². The number of hydrogen-bond donors (Lipinski definition) is 0. The van der Waals surface area contributed by atoms with Crippen molar-refractivity contribution in [2.24, 2.45) is 5.92 Å². The number of hydrogen-bond acceptors (Lipinski definition) is 17. The minimum atomic E-state index is -3.30. The fourth-order valence-electron chi connectivity index (χ4n) is 6.42. The minimum absolute atomic E-state index is 0.00719. The fourth-order valence-corrected chi connectivity index (χ4v) is 7.79. The average molecular weight is 863 g/mol. The summed E-state index contributed by atoms with van der Waals surface area (Å²) in [5, 5.41) is 0. The van der Waals surface area contributed by atoms with E-state index in [4.69, 9.17) is 47.4 Å². The topological polar surface area (TPSA) is 228 Å². The number of carbonyl (C=O) groups excluding carboxylic acids is 5. The molecule has 0 amide bonds. The second-order valence-corrected chi connectivity index (χ2v) is 18.3. The molecule has 0 aromatic carbocycles. The van der Waals surface area contributed by atoms with E-state index < -0.39 is 33.7 Å². The van der Waals surface area contributed by atoms with Crippen LogP contribution in [0.2, 0.25) is 0 Å². The van der Waals surface area contributed by atoms with E-state index in [1.54, 1.807) is 0 Å². The van der Waals surface area contributed by atoms with Gasteiger partial charge in [0.15, 0.2) is 0 Å². The predicted molar refractivity (Wildman–Crippen MR) is 209 cm³/mol. The summed E-state index contributed by atoms with van der Waals surface area (Å²) in [6.45, 7) is 11.0. The van der Waals surface area contributed by atoms with E-state index in [-0.39, 0.29) is 137 Å². The molecule has 11 unspecified atom stereocenters. The van der Waals surface area contributed by atoms with Gasteiger partial charge in [-0.15, -0.1) is 0 Å². The maximum Gasteiger partial charge on any atom is 0.309 e. The molecule has 59 heavy (non-hydrogen) atoms. The number of rotatable bonds is 30. The smallest absolute Gasteiger partial charge is 0.309 e. The van der Waals surface area contributed by atoms with Crippen molar-refractivity contribution in [2.45, 2.75) is 179 Å². The lowest BCUT2D eigenvalue weighted by Gasteiger charge is -2.15. The monoisotopic (exact) mass is 862 g/mol. The van der Waals surface area contributed by atoms with Crippen molar-refractivity contribution in [3.63, 3.8) is 0 Å². The average Bonchev–Trinajstić information content (AvgIpc) is 3.91. The van der Waals surface area contributed by atoms with Gasteiger partial charge in [0.1, 0.15) is 48.0 Å². The molecule has 5 fully saturated rings. The maximum absolute atomic E-state index is 12.4. The van der Waals surface area contributed by atoms with Crippen LogP contribution in [0.15, 0.2) is 0 Å². The highest BCUT2D eigenvalue weighted by atomic mass is 32.2. The van der Waals surface area contributed by atoms with Crippen LogP contribution >= 0.6 is 0 Å². The van der Waals surface area contributed by atoms with Crippen molar-refractivity contribution >= 4 is 39.7 Å². The highest BCUT2D eigenvalue weighted by molar-refractivity contribution is 7.91. The maximum atomic E-state index is 12.4. The largest absolute Gasteiger partial charge is 0.466 e. The first-order valence-corrected chi connectivity index (χ1v) is 23.3. The van der Waals surface area contributed by atoms with Gasteiger partial charge in [0.05, 0.1) is 79.8 Å². The Morgan fingerprint density at radius 1 is 0.508 bits per heavy atom. The van der Waals surface area contributed by atoms with E-state index in [1.165, 1.54) is 0 Å². The van der Waals surface area contributed by atoms with Gasteiger partial charge in [0, 0.05) is 32.1 Å². The lowest BCUT2D eigenvalue weighted by Crippen LogP contribution is -2.25. The second-order valence-electron chi connectivity index (χ2n) is 16.0. The van der Waals surface area contributed by atoms with Gasteiger partial charge in [0.25, 0.3) is 0 Å². The summed E-state index contributed by atoms with van der Waals surface area (Å²) < 4.78 is 76.4. The molecule has 18 heteroatoms. The summed E-state index contributed by atoms with van der Waals surface area (Å²) in [5.74, 6) is -3.20. The van der Waals surface area contributed by atoms with Gasteiger partial charge in [0.2, 0.25) is 0 Å². The molecule has 0 aromatic rings. The van der Waals surface area contributed by atoms with Crippen LogP contribution in [0.1, 0.15) is 118 Å². The van der Waals surface area contributed by atoms with Crippen molar-refractivity contribution in [2.75, 3.05) is 44.5 Å². The minimum Gasteiger partial charge on any atom is -0.466 e. The Morgan fingerprint density at radius 2 is 0.898 bits per heavy atom. The molecule has 0 bridgehead atoms. The summed E-state index contributed by atoms with van der Waals surface area (Å²) in [6, 6.07) is 0. The standard InChI is InChI=1S/C22H38O8S.C19H28O9/c1-3-7-17-19(29-17)11-13-27-21(23)9-5-15-31(25,26)16-6-10-22(24)28-14-12-20-18(30-20)8-4-2;1-10-14(26-10)7-23-17(20)5-4-13(19(22)25-9-16-12(3)28-16)6-18(21)24-8-15-11(2)27-15/h17-20H,3-16H2,1-2H3;10-16H,4-9H2,1-3H3. The first-order valence-electron chi connectivity index (χ1n) is 21.4. The van der Waals surface area contributed by atoms with E-state index in [1.807, 2.05) is 20.8 Å². The van der Waals surface area contributed by atoms with Crippen LogP contribution < -0.4 is 0 Å². The van der Waals surface area contributed by atoms with Crippen molar-refractivity contribution in [3.8, 4) is 0 Å². The molecule has 0 saturated carbocycles. The Bertz CT molecular complexity index is 1420. The van der Waals surface area contributed by atoms with Crippen molar-refractivity contribution in [1.29, 1.82) is 0 Å². The van der Waals surface area contributed by atoms with Gasteiger partial charge >= 0.3 is 29.8 Å². The van der Waals surface area contributed by atoms with Crippen LogP contribution in [0, 0.1) is 5.92 Å². The number of sulfone groups is 1. The number of epoxide rings is 5. The van der Waals surface area contributed by atoms with Crippen LogP contribution in [-0.4, -0.2) is 144 Å². The van der Waals surface area contributed by atoms with Crippen LogP contribution in [0.5, 0.6) is 0 Å². The zero-order valence-electron chi connectivity index (χ0n) is 35.3. The molecule has 5 aliphatic heterocycles. The summed E-state index contributed by atoms with van der Waals surface area (Å²) in [5.41, 5.74) is 0. The van der Waals surface area contributed by atoms with E-state index in [9.17, 15) is 32.4 Å². The van der Waals surface area contributed by atoms with Crippen molar-refractivity contribution in [3.05, 3.63) is 0 Å². The number of ether oxygens (including phenoxy) is 10. The molecule has 0 aliphatic carbocycles. The molecule has 0 spiro atoms. The van der Waals surface area contributed by atoms with Crippen LogP contribution in [0.3, 0.4) is 0 Å². The first kappa shape index (κ1) is 48.8. The highest BCUT2D eigenvalue weighted by Gasteiger charge is 2.40. The molecule has 0 aromatic heterocycles. The summed E-state index contributed by atoms with van der Waals surface area (Å²) in [4.78, 5) is 59.8. The van der Waals surface area contributed by atoms with E-state index in [0.29, 0.717) is 38.3 Å². The molecule has 0 radical (unpaired) electrons. The molecule has 5 rings (SSSR count). The van der Waals surface area contributed by atoms with Gasteiger partial charge < -0.3 is 47.4 Å². The molecule has 17 nitrogen and oxygen atoms in total. The van der Waals surface area contributed by atoms with Crippen molar-refractivity contribution < 1.29 is 79.8 Å². The third-order valence-electron chi connectivity index (χ3n) is 10.7. The molecular weight excluding hydrogens is 797 g/mol. The second kappa shape index (κ2) is 24.5. The molecule has 0 N–H and O–H groups in total. The molecule has 11 atom stereocenters. The molecule has 5 heterocycles. The summed E-state index contributed by atoms with van der Waals surface area (Å²) in [6.07, 6.45) is 7.22. The Morgan fingerprint density at radius 3 is 1.32 bits per heavy atom. The van der Waals surface area contributed by atoms with E-state index in [2.05, 4.69) is 13.8 Å². The summed E-state index contributed by atoms with van der Waals surface area (Å²) in [7, 11) is -3.30. The molecule has 5 aliphatic rings. The van der Waals surface area contributed by atoms with Crippen LogP contribution in [0.4, 0.5) is 0 Å². The predicted octanol–water partition coefficient (Wildman–Crippen LogP) is 3.73. The van der Waals surface area contributed by atoms with Gasteiger partial charge in [-0.25, -0.2) is 8.42 Å². The van der Waals surface area contributed by atoms with Gasteiger partial charge in [-0.1, -0.05) is 26.7 Å². The van der Waals surface area contributed by atoms with Gasteiger partial charge in [-0.05, 0) is 52.9 Å². The normalized spacial score (nSPS) is 28.8. The molecular formula is C41H66O17S. The quantitative estimate of drug-likeness (QED) is 0.0569. The van der Waals surface area contributed by atoms with E-state index >= 15 is 0 Å². The number of carbonyl (C=O) groups is 5. The Balaban J connectivity index is 0.000000262. The lowest BCUT2D eigenvalue weighted by atomic mass is 9.99. The highest BCUT2D eigenvalue weighted by Crippen LogP contribution is 2.30. The van der Waals surface area contributed by atoms with Gasteiger partial charge in [-0.2, -0.15) is 0 Å². The fraction of sp³-hybridized carbons (Fsp3) is 0.878. The Labute approximate surface area is 348 Å². The first-order chi connectivity index (χ1) is 28.2. The third-order valence-corrected chi connectivity index (χ3v) is 12.5. The summed E-state index contributed by atoms with van der Waals surface area (Å²) >= 11 is 0. The van der Waals surface area contributed by atoms with Crippen LogP contribution in [-0.2, 0) is 81.2 Å². The zero-order chi connectivity index (χ0) is 43.0. The third kappa shape index (κ3) is 20.5. The zero-order valence-corrected chi connectivity index (χ0v) is 36.2. The Kier molecular flexibility index (Phi) is 20.3. The SMILES string of the molecule is CC1OC1COC(=O)CCC(CC(=O)OCC1OC1C)C(=O)OCC1OC1C.CCCC1OC1CCOC(=O)CCCS(=O)(=O)CCCC(=O)OCCC1OC1CCC. The molecule has 338 valence electrons. The van der Waals surface area contributed by atoms with Crippen molar-refractivity contribution in [1.82, 2.24) is 0 Å². The Hall–Kier alpha value is -2.90. The van der Waals surface area contributed by atoms with Crippen LogP contribution in [0.25, 0.3) is 0 Å². The lowest BCUT2D eigenvalue weighted by molar-refractivity contribution is -0.157.